The number of anilines is 1. The lowest BCUT2D eigenvalue weighted by Gasteiger charge is -2.17. The highest BCUT2D eigenvalue weighted by Crippen LogP contribution is 2.11. The van der Waals surface area contributed by atoms with Gasteiger partial charge in [0.05, 0.1) is 0 Å². The zero-order valence-electron chi connectivity index (χ0n) is 11.4. The molecular weight excluding hydrogens is 240 g/mol. The van der Waals surface area contributed by atoms with E-state index in [1.807, 2.05) is 30.3 Å². The minimum Gasteiger partial charge on any atom is -0.362 e. The van der Waals surface area contributed by atoms with Crippen LogP contribution in [0.1, 0.15) is 39.5 Å². The monoisotopic (exact) mass is 264 g/mol. The summed E-state index contributed by atoms with van der Waals surface area (Å²) in [5.41, 5.74) is 1.04. The van der Waals surface area contributed by atoms with E-state index < -0.39 is 0 Å². The summed E-state index contributed by atoms with van der Waals surface area (Å²) in [6.45, 7) is 5.45. The molecule has 100 valence electrons. The van der Waals surface area contributed by atoms with Gasteiger partial charge in [0, 0.05) is 12.2 Å². The lowest BCUT2D eigenvalue weighted by molar-refractivity contribution is 0.446. The topological polar surface area (TPSA) is 24.1 Å². The maximum atomic E-state index is 5.29. The Morgan fingerprint density at radius 1 is 1.22 bits per heavy atom. The fourth-order valence-corrected chi connectivity index (χ4v) is 2.08. The second-order valence-corrected chi connectivity index (χ2v) is 5.03. The molecule has 0 radical (unpaired) electrons. The van der Waals surface area contributed by atoms with Gasteiger partial charge in [0.1, 0.15) is 0 Å². The Kier molecular flexibility index (Phi) is 7.42. The summed E-state index contributed by atoms with van der Waals surface area (Å²) < 4.78 is 0. The molecule has 0 unspecified atom stereocenters. The molecule has 0 saturated carbocycles. The van der Waals surface area contributed by atoms with Crippen molar-refractivity contribution in [2.75, 3.05) is 11.9 Å². The summed E-state index contributed by atoms with van der Waals surface area (Å²) in [4.78, 5) is 0. The Hall–Kier alpha value is -1.09. The Balaban J connectivity index is 2.27. The maximum absolute atomic E-state index is 5.29. The SMILES string of the molecule is CCCC[C@H](CC)CNC(=S)Nc1ccccc1. The van der Waals surface area contributed by atoms with Crippen molar-refractivity contribution in [2.45, 2.75) is 39.5 Å². The van der Waals surface area contributed by atoms with Gasteiger partial charge in [0.25, 0.3) is 0 Å². The van der Waals surface area contributed by atoms with Crippen LogP contribution in [-0.4, -0.2) is 11.7 Å². The zero-order chi connectivity index (χ0) is 13.2. The Bertz CT molecular complexity index is 338. The Morgan fingerprint density at radius 3 is 2.56 bits per heavy atom. The van der Waals surface area contributed by atoms with E-state index in [1.165, 1.54) is 25.7 Å². The standard InChI is InChI=1S/C15H24N2S/c1-3-5-9-13(4-2)12-16-15(18)17-14-10-7-6-8-11-14/h6-8,10-11,13H,3-5,9,12H2,1-2H3,(H2,16,17,18)/t13-/m0/s1. The molecule has 18 heavy (non-hydrogen) atoms. The molecule has 0 aliphatic carbocycles. The molecule has 1 aromatic carbocycles. The zero-order valence-corrected chi connectivity index (χ0v) is 12.2. The van der Waals surface area contributed by atoms with Crippen LogP contribution in [0.15, 0.2) is 30.3 Å². The second kappa shape index (κ2) is 8.92. The van der Waals surface area contributed by atoms with Crippen molar-refractivity contribution in [2.24, 2.45) is 5.92 Å². The minimum absolute atomic E-state index is 0.719. The van der Waals surface area contributed by atoms with Gasteiger partial charge in [-0.15, -0.1) is 0 Å². The van der Waals surface area contributed by atoms with Gasteiger partial charge in [0.2, 0.25) is 0 Å². The predicted octanol–water partition coefficient (Wildman–Crippen LogP) is 4.19. The number of nitrogens with one attached hydrogen (secondary N) is 2. The third kappa shape index (κ3) is 6.01. The first-order valence-corrected chi connectivity index (χ1v) is 7.27. The van der Waals surface area contributed by atoms with Crippen LogP contribution in [-0.2, 0) is 0 Å². The minimum atomic E-state index is 0.719. The van der Waals surface area contributed by atoms with E-state index in [4.69, 9.17) is 12.2 Å². The highest BCUT2D eigenvalue weighted by molar-refractivity contribution is 7.80. The van der Waals surface area contributed by atoms with Crippen LogP contribution in [0.25, 0.3) is 0 Å². The van der Waals surface area contributed by atoms with Gasteiger partial charge in [0.15, 0.2) is 5.11 Å². The Morgan fingerprint density at radius 2 is 1.94 bits per heavy atom. The van der Waals surface area contributed by atoms with Gasteiger partial charge in [-0.05, 0) is 36.7 Å². The van der Waals surface area contributed by atoms with Gasteiger partial charge in [-0.25, -0.2) is 0 Å². The quantitative estimate of drug-likeness (QED) is 0.722. The first-order valence-electron chi connectivity index (χ1n) is 6.86. The van der Waals surface area contributed by atoms with E-state index in [-0.39, 0.29) is 0 Å². The van der Waals surface area contributed by atoms with E-state index in [1.54, 1.807) is 0 Å². The number of rotatable bonds is 7. The van der Waals surface area contributed by atoms with E-state index in [0.29, 0.717) is 0 Å². The van der Waals surface area contributed by atoms with Crippen molar-refractivity contribution in [1.82, 2.24) is 5.32 Å². The first-order chi connectivity index (χ1) is 8.76. The van der Waals surface area contributed by atoms with Crippen LogP contribution in [0.4, 0.5) is 5.69 Å². The lowest BCUT2D eigenvalue weighted by atomic mass is 9.99. The summed E-state index contributed by atoms with van der Waals surface area (Å²) in [7, 11) is 0. The fourth-order valence-electron chi connectivity index (χ4n) is 1.88. The molecule has 0 bridgehead atoms. The van der Waals surface area contributed by atoms with Crippen LogP contribution in [0, 0.1) is 5.92 Å². The maximum Gasteiger partial charge on any atom is 0.170 e. The van der Waals surface area contributed by atoms with E-state index in [9.17, 15) is 0 Å². The molecule has 0 amide bonds. The van der Waals surface area contributed by atoms with Crippen LogP contribution < -0.4 is 10.6 Å². The number of thiocarbonyl (C=S) groups is 1. The molecule has 3 heteroatoms. The molecule has 1 aromatic rings. The van der Waals surface area contributed by atoms with Crippen molar-refractivity contribution in [3.8, 4) is 0 Å². The van der Waals surface area contributed by atoms with E-state index in [0.717, 1.165) is 23.3 Å². The number of para-hydroxylation sites is 1. The van der Waals surface area contributed by atoms with Crippen LogP contribution in [0.3, 0.4) is 0 Å². The predicted molar refractivity (Wildman–Crippen MR) is 84.0 cm³/mol. The lowest BCUT2D eigenvalue weighted by Crippen LogP contribution is -2.32. The van der Waals surface area contributed by atoms with Crippen molar-refractivity contribution < 1.29 is 0 Å². The Labute approximate surface area is 116 Å². The molecule has 1 rings (SSSR count). The molecule has 0 spiro atoms. The molecule has 0 heterocycles. The molecular formula is C15H24N2S. The molecule has 0 fully saturated rings. The number of hydrogen-bond donors (Lipinski definition) is 2. The number of hydrogen-bond acceptors (Lipinski definition) is 1. The highest BCUT2D eigenvalue weighted by Gasteiger charge is 2.06. The average Bonchev–Trinajstić information content (AvgIpc) is 2.40. The third-order valence-electron chi connectivity index (χ3n) is 3.13. The molecule has 0 aromatic heterocycles. The summed E-state index contributed by atoms with van der Waals surface area (Å²) in [5, 5.41) is 7.23. The van der Waals surface area contributed by atoms with Crippen molar-refractivity contribution >= 4 is 23.0 Å². The summed E-state index contributed by atoms with van der Waals surface area (Å²) in [5.74, 6) is 0.723. The summed E-state index contributed by atoms with van der Waals surface area (Å²) in [6.07, 6.45) is 5.07. The van der Waals surface area contributed by atoms with Gasteiger partial charge in [-0.3, -0.25) is 0 Å². The van der Waals surface area contributed by atoms with E-state index in [2.05, 4.69) is 24.5 Å². The number of benzene rings is 1. The summed E-state index contributed by atoms with van der Waals surface area (Å²) in [6, 6.07) is 10.0. The molecule has 0 aliphatic rings. The number of unbranched alkanes of at least 4 members (excludes halogenated alkanes) is 1. The van der Waals surface area contributed by atoms with Gasteiger partial charge in [-0.1, -0.05) is 51.3 Å². The van der Waals surface area contributed by atoms with Crippen LogP contribution >= 0.6 is 12.2 Å². The van der Waals surface area contributed by atoms with Crippen molar-refractivity contribution in [1.29, 1.82) is 0 Å². The summed E-state index contributed by atoms with van der Waals surface area (Å²) >= 11 is 5.29. The van der Waals surface area contributed by atoms with Gasteiger partial charge < -0.3 is 10.6 Å². The van der Waals surface area contributed by atoms with Gasteiger partial charge in [-0.2, -0.15) is 0 Å². The molecule has 2 nitrogen and oxygen atoms in total. The van der Waals surface area contributed by atoms with Gasteiger partial charge >= 0.3 is 0 Å². The highest BCUT2D eigenvalue weighted by atomic mass is 32.1. The average molecular weight is 264 g/mol. The fraction of sp³-hybridized carbons (Fsp3) is 0.533. The second-order valence-electron chi connectivity index (χ2n) is 4.62. The molecule has 0 saturated heterocycles. The molecule has 0 aliphatic heterocycles. The first kappa shape index (κ1) is 15.0. The van der Waals surface area contributed by atoms with Crippen molar-refractivity contribution in [3.63, 3.8) is 0 Å². The van der Waals surface area contributed by atoms with Crippen LogP contribution in [0.2, 0.25) is 0 Å². The van der Waals surface area contributed by atoms with Crippen molar-refractivity contribution in [3.05, 3.63) is 30.3 Å². The smallest absolute Gasteiger partial charge is 0.170 e. The normalized spacial score (nSPS) is 11.9. The largest absolute Gasteiger partial charge is 0.362 e. The molecule has 2 N–H and O–H groups in total. The third-order valence-corrected chi connectivity index (χ3v) is 3.37. The van der Waals surface area contributed by atoms with Crippen LogP contribution in [0.5, 0.6) is 0 Å². The molecule has 1 atom stereocenters. The van der Waals surface area contributed by atoms with E-state index >= 15 is 0 Å².